The van der Waals surface area contributed by atoms with Crippen LogP contribution in [0.2, 0.25) is 0 Å². The molecule has 1 atom stereocenters. The van der Waals surface area contributed by atoms with Gasteiger partial charge in [-0.25, -0.2) is 9.97 Å². The van der Waals surface area contributed by atoms with Crippen LogP contribution in [0.15, 0.2) is 52.9 Å². The van der Waals surface area contributed by atoms with Crippen molar-refractivity contribution in [1.29, 1.82) is 0 Å². The molecule has 3 rings (SSSR count). The Balaban J connectivity index is 1.72. The van der Waals surface area contributed by atoms with Gasteiger partial charge in [-0.1, -0.05) is 11.8 Å². The number of hydrogen-bond acceptors (Lipinski definition) is 7. The molecule has 0 amide bonds. The monoisotopic (exact) mass is 373 g/mol. The molecule has 0 spiro atoms. The number of aryl methyl sites for hydroxylation is 1. The highest BCUT2D eigenvalue weighted by Gasteiger charge is 2.09. The molecule has 130 valence electrons. The molecule has 7 heteroatoms. The standard InChI is InChI=1S/C18H19N3O2S2/c1-12-11-24-18(20-12)21-17-16(5-4-10-19-17)23-14-6-8-15(9-7-14)25-13(2)22-3/h4-11,13H,1-3H3,(H,19,20,21)/t13-/m0/s1. The Morgan fingerprint density at radius 2 is 2.00 bits per heavy atom. The molecule has 0 bridgehead atoms. The SMILES string of the molecule is CO[C@H](C)Sc1ccc(Oc2cccnc2Nc2nc(C)cs2)cc1. The zero-order valence-electron chi connectivity index (χ0n) is 14.2. The molecule has 0 radical (unpaired) electrons. The van der Waals surface area contributed by atoms with E-state index >= 15 is 0 Å². The van der Waals surface area contributed by atoms with Gasteiger partial charge in [0.2, 0.25) is 0 Å². The maximum Gasteiger partial charge on any atom is 0.188 e. The van der Waals surface area contributed by atoms with Crippen LogP contribution in [0.3, 0.4) is 0 Å². The number of methoxy groups -OCH3 is 1. The van der Waals surface area contributed by atoms with E-state index in [1.165, 1.54) is 11.3 Å². The number of nitrogens with one attached hydrogen (secondary N) is 1. The summed E-state index contributed by atoms with van der Waals surface area (Å²) in [4.78, 5) is 9.89. The van der Waals surface area contributed by atoms with Crippen molar-refractivity contribution in [3.63, 3.8) is 0 Å². The van der Waals surface area contributed by atoms with Crippen LogP contribution in [0.25, 0.3) is 0 Å². The van der Waals surface area contributed by atoms with Crippen molar-refractivity contribution in [2.75, 3.05) is 12.4 Å². The topological polar surface area (TPSA) is 56.3 Å². The summed E-state index contributed by atoms with van der Waals surface area (Å²) in [5.41, 5.74) is 1.09. The van der Waals surface area contributed by atoms with Crippen LogP contribution in [-0.4, -0.2) is 22.5 Å². The van der Waals surface area contributed by atoms with Crippen molar-refractivity contribution >= 4 is 34.0 Å². The number of benzene rings is 1. The molecule has 0 aliphatic carbocycles. The Labute approximate surface area is 155 Å². The van der Waals surface area contributed by atoms with Gasteiger partial charge >= 0.3 is 0 Å². The zero-order chi connectivity index (χ0) is 17.6. The molecule has 5 nitrogen and oxygen atoms in total. The van der Waals surface area contributed by atoms with Gasteiger partial charge < -0.3 is 14.8 Å². The molecule has 0 saturated carbocycles. The molecular formula is C18H19N3O2S2. The minimum absolute atomic E-state index is 0.114. The number of rotatable bonds is 7. The number of aromatic nitrogens is 2. The fraction of sp³-hybridized carbons (Fsp3) is 0.222. The van der Waals surface area contributed by atoms with Crippen molar-refractivity contribution in [3.05, 3.63) is 53.7 Å². The summed E-state index contributed by atoms with van der Waals surface area (Å²) in [5.74, 6) is 2.05. The largest absolute Gasteiger partial charge is 0.453 e. The Hall–Kier alpha value is -2.09. The number of thioether (sulfide) groups is 1. The van der Waals surface area contributed by atoms with E-state index in [2.05, 4.69) is 15.3 Å². The van der Waals surface area contributed by atoms with Gasteiger partial charge in [-0.3, -0.25) is 0 Å². The number of nitrogens with zero attached hydrogens (tertiary/aromatic N) is 2. The molecule has 25 heavy (non-hydrogen) atoms. The van der Waals surface area contributed by atoms with E-state index in [-0.39, 0.29) is 5.44 Å². The van der Waals surface area contributed by atoms with Gasteiger partial charge in [0.15, 0.2) is 16.7 Å². The van der Waals surface area contributed by atoms with Crippen molar-refractivity contribution in [2.45, 2.75) is 24.2 Å². The number of anilines is 2. The highest BCUT2D eigenvalue weighted by atomic mass is 32.2. The molecule has 1 N–H and O–H groups in total. The molecule has 1 aromatic carbocycles. The normalized spacial score (nSPS) is 12.0. The second kappa shape index (κ2) is 8.33. The molecule has 3 aromatic rings. The van der Waals surface area contributed by atoms with Crippen LogP contribution in [-0.2, 0) is 4.74 Å². The van der Waals surface area contributed by atoms with Gasteiger partial charge in [0, 0.05) is 23.6 Å². The van der Waals surface area contributed by atoms with Crippen LogP contribution in [0.1, 0.15) is 12.6 Å². The average Bonchev–Trinajstić information content (AvgIpc) is 3.03. The summed E-state index contributed by atoms with van der Waals surface area (Å²) >= 11 is 3.19. The summed E-state index contributed by atoms with van der Waals surface area (Å²) in [7, 11) is 1.70. The minimum Gasteiger partial charge on any atom is -0.453 e. The van der Waals surface area contributed by atoms with Crippen LogP contribution >= 0.6 is 23.1 Å². The van der Waals surface area contributed by atoms with Crippen LogP contribution < -0.4 is 10.1 Å². The van der Waals surface area contributed by atoms with Gasteiger partial charge in [0.1, 0.15) is 11.2 Å². The summed E-state index contributed by atoms with van der Waals surface area (Å²) < 4.78 is 11.3. The van der Waals surface area contributed by atoms with E-state index < -0.39 is 0 Å². The number of pyridine rings is 1. The molecule has 0 unspecified atom stereocenters. The minimum atomic E-state index is 0.114. The molecule has 2 aromatic heterocycles. The number of hydrogen-bond donors (Lipinski definition) is 1. The third-order valence-corrected chi connectivity index (χ3v) is 5.24. The highest BCUT2D eigenvalue weighted by molar-refractivity contribution is 7.99. The van der Waals surface area contributed by atoms with Crippen LogP contribution in [0, 0.1) is 6.92 Å². The van der Waals surface area contributed by atoms with E-state index in [1.807, 2.05) is 55.6 Å². The maximum atomic E-state index is 5.99. The summed E-state index contributed by atoms with van der Waals surface area (Å²) in [6.07, 6.45) is 1.72. The van der Waals surface area contributed by atoms with Gasteiger partial charge in [-0.2, -0.15) is 0 Å². The lowest BCUT2D eigenvalue weighted by atomic mass is 10.3. The third-order valence-electron chi connectivity index (χ3n) is 3.30. The Bertz CT molecular complexity index is 821. The average molecular weight is 374 g/mol. The summed E-state index contributed by atoms with van der Waals surface area (Å²) in [6, 6.07) is 11.6. The fourth-order valence-electron chi connectivity index (χ4n) is 2.03. The maximum absolute atomic E-state index is 5.99. The summed E-state index contributed by atoms with van der Waals surface area (Å²) in [5, 5.41) is 5.99. The summed E-state index contributed by atoms with van der Waals surface area (Å²) in [6.45, 7) is 3.98. The quantitative estimate of drug-likeness (QED) is 0.438. The van der Waals surface area contributed by atoms with Gasteiger partial charge in [0.05, 0.1) is 5.69 Å². The van der Waals surface area contributed by atoms with Crippen molar-refractivity contribution in [2.24, 2.45) is 0 Å². The lowest BCUT2D eigenvalue weighted by molar-refractivity contribution is 0.188. The van der Waals surface area contributed by atoms with E-state index in [4.69, 9.17) is 9.47 Å². The van der Waals surface area contributed by atoms with E-state index in [0.717, 1.165) is 21.5 Å². The number of ether oxygens (including phenoxy) is 2. The number of thiazole rings is 1. The third kappa shape index (κ3) is 4.94. The second-order valence-corrected chi connectivity index (χ2v) is 7.49. The van der Waals surface area contributed by atoms with Crippen LogP contribution in [0.4, 0.5) is 10.9 Å². The van der Waals surface area contributed by atoms with Gasteiger partial charge in [0.25, 0.3) is 0 Å². The van der Waals surface area contributed by atoms with Gasteiger partial charge in [-0.05, 0) is 50.2 Å². The van der Waals surface area contributed by atoms with Crippen molar-refractivity contribution in [3.8, 4) is 11.5 Å². The second-order valence-electron chi connectivity index (χ2n) is 5.26. The lowest BCUT2D eigenvalue weighted by Crippen LogP contribution is -1.98. The molecular weight excluding hydrogens is 354 g/mol. The van der Waals surface area contributed by atoms with Crippen molar-refractivity contribution < 1.29 is 9.47 Å². The first-order chi connectivity index (χ1) is 12.1. The smallest absolute Gasteiger partial charge is 0.188 e. The highest BCUT2D eigenvalue weighted by Crippen LogP contribution is 2.32. The molecule has 0 aliphatic rings. The first kappa shape index (κ1) is 17.7. The van der Waals surface area contributed by atoms with Crippen LogP contribution in [0.5, 0.6) is 11.5 Å². The van der Waals surface area contributed by atoms with E-state index in [1.54, 1.807) is 25.1 Å². The lowest BCUT2D eigenvalue weighted by Gasteiger charge is -2.12. The first-order valence-electron chi connectivity index (χ1n) is 7.75. The Morgan fingerprint density at radius 1 is 1.20 bits per heavy atom. The molecule has 0 saturated heterocycles. The molecule has 2 heterocycles. The predicted octanol–water partition coefficient (Wildman–Crippen LogP) is 5.47. The van der Waals surface area contributed by atoms with Crippen molar-refractivity contribution in [1.82, 2.24) is 9.97 Å². The van der Waals surface area contributed by atoms with E-state index in [9.17, 15) is 0 Å². The molecule has 0 fully saturated rings. The zero-order valence-corrected chi connectivity index (χ0v) is 15.9. The Kier molecular flexibility index (Phi) is 5.91. The molecule has 0 aliphatic heterocycles. The predicted molar refractivity (Wildman–Crippen MR) is 103 cm³/mol. The van der Waals surface area contributed by atoms with Gasteiger partial charge in [-0.15, -0.1) is 11.3 Å². The Morgan fingerprint density at radius 3 is 2.68 bits per heavy atom. The fourth-order valence-corrected chi connectivity index (χ4v) is 3.49. The first-order valence-corrected chi connectivity index (χ1v) is 9.51. The van der Waals surface area contributed by atoms with E-state index in [0.29, 0.717) is 11.6 Å².